The van der Waals surface area contributed by atoms with Gasteiger partial charge in [0.05, 0.1) is 0 Å². The van der Waals surface area contributed by atoms with E-state index in [0.29, 0.717) is 17.7 Å². The number of ketones is 1. The number of Topliss-reactive ketones (excluding diaryl/α,β-unsaturated/α-hetero) is 1. The normalized spacial score (nSPS) is 10.3. The van der Waals surface area contributed by atoms with Gasteiger partial charge < -0.3 is 5.73 Å². The maximum atomic E-state index is 12.0. The number of anilines is 1. The summed E-state index contributed by atoms with van der Waals surface area (Å²) < 4.78 is 0.838. The second kappa shape index (κ2) is 5.83. The van der Waals surface area contributed by atoms with Crippen LogP contribution in [0.2, 0.25) is 0 Å². The number of carbonyl (C=O) groups is 1. The Balaban J connectivity index is 2.04. The highest BCUT2D eigenvalue weighted by atomic mass is 79.9. The Labute approximate surface area is 115 Å². The molecule has 18 heavy (non-hydrogen) atoms. The number of halogens is 1. The topological polar surface area (TPSA) is 43.1 Å². The van der Waals surface area contributed by atoms with Crippen LogP contribution in [0.1, 0.15) is 22.3 Å². The molecule has 0 aromatic heterocycles. The van der Waals surface area contributed by atoms with Crippen molar-refractivity contribution in [2.45, 2.75) is 12.8 Å². The van der Waals surface area contributed by atoms with Gasteiger partial charge in [0.15, 0.2) is 5.78 Å². The lowest BCUT2D eigenvalue weighted by Gasteiger charge is -2.04. The van der Waals surface area contributed by atoms with Gasteiger partial charge in [-0.1, -0.05) is 46.3 Å². The van der Waals surface area contributed by atoms with Gasteiger partial charge in [0.25, 0.3) is 0 Å². The number of carbonyl (C=O) groups excluding carboxylic acids is 1. The SMILES string of the molecule is Nc1cc(Br)cc(C(=O)CCc2ccccc2)c1. The van der Waals surface area contributed by atoms with Crippen LogP contribution in [0, 0.1) is 0 Å². The predicted molar refractivity (Wildman–Crippen MR) is 77.6 cm³/mol. The molecule has 2 aromatic carbocycles. The van der Waals surface area contributed by atoms with E-state index in [1.54, 1.807) is 12.1 Å². The molecule has 2 rings (SSSR count). The number of nitrogen functional groups attached to an aromatic ring is 1. The Bertz CT molecular complexity index is 531. The summed E-state index contributed by atoms with van der Waals surface area (Å²) in [6.45, 7) is 0. The first-order chi connectivity index (χ1) is 8.65. The number of hydrogen-bond acceptors (Lipinski definition) is 2. The Morgan fingerprint density at radius 1 is 1.11 bits per heavy atom. The van der Waals surface area contributed by atoms with Crippen molar-refractivity contribution < 1.29 is 4.79 Å². The molecule has 0 aliphatic carbocycles. The number of hydrogen-bond donors (Lipinski definition) is 1. The quantitative estimate of drug-likeness (QED) is 0.689. The van der Waals surface area contributed by atoms with E-state index in [1.807, 2.05) is 36.4 Å². The number of rotatable bonds is 4. The van der Waals surface area contributed by atoms with E-state index in [0.717, 1.165) is 10.9 Å². The molecule has 0 fully saturated rings. The molecular weight excluding hydrogens is 290 g/mol. The summed E-state index contributed by atoms with van der Waals surface area (Å²) >= 11 is 3.35. The van der Waals surface area contributed by atoms with Crippen LogP contribution in [0.25, 0.3) is 0 Å². The van der Waals surface area contributed by atoms with Crippen molar-refractivity contribution in [2.75, 3.05) is 5.73 Å². The van der Waals surface area contributed by atoms with Crippen LogP contribution in [0.15, 0.2) is 53.0 Å². The van der Waals surface area contributed by atoms with E-state index in [1.165, 1.54) is 5.56 Å². The summed E-state index contributed by atoms with van der Waals surface area (Å²) in [7, 11) is 0. The average molecular weight is 304 g/mol. The van der Waals surface area contributed by atoms with Crippen molar-refractivity contribution in [3.05, 3.63) is 64.1 Å². The second-order valence-corrected chi connectivity index (χ2v) is 5.10. The predicted octanol–water partition coefficient (Wildman–Crippen LogP) is 3.85. The van der Waals surface area contributed by atoms with Gasteiger partial charge in [-0.2, -0.15) is 0 Å². The molecule has 0 radical (unpaired) electrons. The smallest absolute Gasteiger partial charge is 0.163 e. The molecule has 2 aromatic rings. The minimum atomic E-state index is 0.117. The molecule has 0 spiro atoms. The summed E-state index contributed by atoms with van der Waals surface area (Å²) in [6.07, 6.45) is 1.26. The third-order valence-corrected chi connectivity index (χ3v) is 3.18. The summed E-state index contributed by atoms with van der Waals surface area (Å²) in [5.74, 6) is 0.117. The van der Waals surface area contributed by atoms with E-state index >= 15 is 0 Å². The highest BCUT2D eigenvalue weighted by molar-refractivity contribution is 9.10. The lowest BCUT2D eigenvalue weighted by atomic mass is 10.0. The summed E-state index contributed by atoms with van der Waals surface area (Å²) in [4.78, 5) is 12.0. The van der Waals surface area contributed by atoms with Crippen molar-refractivity contribution in [1.82, 2.24) is 0 Å². The highest BCUT2D eigenvalue weighted by Crippen LogP contribution is 2.19. The first-order valence-corrected chi connectivity index (χ1v) is 6.57. The van der Waals surface area contributed by atoms with Crippen LogP contribution in [-0.2, 0) is 6.42 Å². The Morgan fingerprint density at radius 3 is 2.50 bits per heavy atom. The van der Waals surface area contributed by atoms with E-state index in [2.05, 4.69) is 15.9 Å². The zero-order valence-electron chi connectivity index (χ0n) is 9.90. The zero-order valence-corrected chi connectivity index (χ0v) is 11.5. The minimum absolute atomic E-state index is 0.117. The van der Waals surface area contributed by atoms with Crippen LogP contribution in [0.4, 0.5) is 5.69 Å². The minimum Gasteiger partial charge on any atom is -0.399 e. The Hall–Kier alpha value is -1.61. The largest absolute Gasteiger partial charge is 0.399 e. The Morgan fingerprint density at radius 2 is 1.83 bits per heavy atom. The van der Waals surface area contributed by atoms with Gasteiger partial charge in [0, 0.05) is 22.1 Å². The van der Waals surface area contributed by atoms with Crippen LogP contribution in [-0.4, -0.2) is 5.78 Å². The van der Waals surface area contributed by atoms with Crippen molar-refractivity contribution in [3.8, 4) is 0 Å². The summed E-state index contributed by atoms with van der Waals surface area (Å²) in [6, 6.07) is 15.3. The van der Waals surface area contributed by atoms with Gasteiger partial charge in [-0.15, -0.1) is 0 Å². The monoisotopic (exact) mass is 303 g/mol. The van der Waals surface area contributed by atoms with Crippen LogP contribution < -0.4 is 5.73 Å². The number of aryl methyl sites for hydroxylation is 1. The second-order valence-electron chi connectivity index (χ2n) is 4.18. The van der Waals surface area contributed by atoms with Crippen LogP contribution in [0.3, 0.4) is 0 Å². The maximum Gasteiger partial charge on any atom is 0.163 e. The van der Waals surface area contributed by atoms with Gasteiger partial charge in [-0.3, -0.25) is 4.79 Å². The molecule has 0 unspecified atom stereocenters. The Kier molecular flexibility index (Phi) is 4.15. The molecule has 2 nitrogen and oxygen atoms in total. The molecular formula is C15H14BrNO. The third-order valence-electron chi connectivity index (χ3n) is 2.73. The molecule has 0 aliphatic heterocycles. The first-order valence-electron chi connectivity index (χ1n) is 5.78. The molecule has 0 saturated carbocycles. The van der Waals surface area contributed by atoms with Gasteiger partial charge in [-0.25, -0.2) is 0 Å². The fourth-order valence-corrected chi connectivity index (χ4v) is 2.33. The molecule has 3 heteroatoms. The van der Waals surface area contributed by atoms with Crippen molar-refractivity contribution in [2.24, 2.45) is 0 Å². The van der Waals surface area contributed by atoms with E-state index < -0.39 is 0 Å². The van der Waals surface area contributed by atoms with Crippen molar-refractivity contribution in [3.63, 3.8) is 0 Å². The first kappa shape index (κ1) is 12.8. The molecule has 92 valence electrons. The average Bonchev–Trinajstić information content (AvgIpc) is 2.36. The molecule has 0 bridgehead atoms. The van der Waals surface area contributed by atoms with Gasteiger partial charge in [-0.05, 0) is 30.2 Å². The third kappa shape index (κ3) is 3.44. The fraction of sp³-hybridized carbons (Fsp3) is 0.133. The van der Waals surface area contributed by atoms with Gasteiger partial charge in [0.2, 0.25) is 0 Å². The standard InChI is InChI=1S/C15H14BrNO/c16-13-8-12(9-14(17)10-13)15(18)7-6-11-4-2-1-3-5-11/h1-5,8-10H,6-7,17H2. The van der Waals surface area contributed by atoms with Gasteiger partial charge >= 0.3 is 0 Å². The summed E-state index contributed by atoms with van der Waals surface area (Å²) in [5.41, 5.74) is 8.17. The highest BCUT2D eigenvalue weighted by Gasteiger charge is 2.07. The summed E-state index contributed by atoms with van der Waals surface area (Å²) in [5, 5.41) is 0. The van der Waals surface area contributed by atoms with Crippen LogP contribution in [0.5, 0.6) is 0 Å². The van der Waals surface area contributed by atoms with Gasteiger partial charge in [0.1, 0.15) is 0 Å². The lowest BCUT2D eigenvalue weighted by Crippen LogP contribution is -2.02. The van der Waals surface area contributed by atoms with E-state index in [9.17, 15) is 4.79 Å². The molecule has 0 heterocycles. The van der Waals surface area contributed by atoms with Crippen molar-refractivity contribution in [1.29, 1.82) is 0 Å². The number of nitrogens with two attached hydrogens (primary N) is 1. The van der Waals surface area contributed by atoms with E-state index in [-0.39, 0.29) is 5.78 Å². The lowest BCUT2D eigenvalue weighted by molar-refractivity contribution is 0.0983. The maximum absolute atomic E-state index is 12.0. The molecule has 0 amide bonds. The fourth-order valence-electron chi connectivity index (χ4n) is 1.82. The molecule has 0 aliphatic rings. The molecule has 0 saturated heterocycles. The van der Waals surface area contributed by atoms with E-state index in [4.69, 9.17) is 5.73 Å². The van der Waals surface area contributed by atoms with Crippen LogP contribution >= 0.6 is 15.9 Å². The zero-order chi connectivity index (χ0) is 13.0. The molecule has 0 atom stereocenters. The van der Waals surface area contributed by atoms with Crippen molar-refractivity contribution >= 4 is 27.4 Å². The molecule has 2 N–H and O–H groups in total. The number of benzene rings is 2.